The lowest BCUT2D eigenvalue weighted by molar-refractivity contribution is 0.414. The number of fused-ring (bicyclic) bond motifs is 1. The Balaban J connectivity index is 2.25. The number of benzene rings is 1. The first-order valence-corrected chi connectivity index (χ1v) is 6.91. The van der Waals surface area contributed by atoms with Crippen LogP contribution in [0.3, 0.4) is 0 Å². The summed E-state index contributed by atoms with van der Waals surface area (Å²) < 4.78 is 7.15. The molecule has 6 heteroatoms. The smallest absolute Gasteiger partial charge is 0.164 e. The van der Waals surface area contributed by atoms with Crippen LogP contribution in [0.15, 0.2) is 30.9 Å². The van der Waals surface area contributed by atoms with Crippen LogP contribution in [0.1, 0.15) is 25.5 Å². The minimum atomic E-state index is 0.249. The summed E-state index contributed by atoms with van der Waals surface area (Å²) in [6.07, 6.45) is 3.26. The standard InChI is InChI=1S/C16H15N5O/c1-10(2)21-9-20-15-14(18-8-19-16(15)21)13-5-4-12(22-3)6-11(13)7-17/h4-6,8-10H,1-3H3. The van der Waals surface area contributed by atoms with Crippen molar-refractivity contribution in [3.63, 3.8) is 0 Å². The van der Waals surface area contributed by atoms with Gasteiger partial charge in [-0.25, -0.2) is 15.0 Å². The van der Waals surface area contributed by atoms with Gasteiger partial charge in [0.15, 0.2) is 5.65 Å². The zero-order valence-corrected chi connectivity index (χ0v) is 12.6. The summed E-state index contributed by atoms with van der Waals surface area (Å²) in [6, 6.07) is 7.77. The first kappa shape index (κ1) is 14.0. The van der Waals surface area contributed by atoms with Gasteiger partial charge in [0.05, 0.1) is 25.1 Å². The number of nitrogens with zero attached hydrogens (tertiary/aromatic N) is 5. The Morgan fingerprint density at radius 2 is 2.05 bits per heavy atom. The molecule has 110 valence electrons. The maximum atomic E-state index is 9.39. The normalized spacial score (nSPS) is 10.9. The monoisotopic (exact) mass is 293 g/mol. The van der Waals surface area contributed by atoms with Crippen molar-refractivity contribution in [1.82, 2.24) is 19.5 Å². The van der Waals surface area contributed by atoms with Gasteiger partial charge in [-0.2, -0.15) is 5.26 Å². The minimum absolute atomic E-state index is 0.249. The van der Waals surface area contributed by atoms with Gasteiger partial charge in [0.1, 0.15) is 23.3 Å². The minimum Gasteiger partial charge on any atom is -0.497 e. The van der Waals surface area contributed by atoms with Gasteiger partial charge < -0.3 is 9.30 Å². The molecule has 0 spiro atoms. The van der Waals surface area contributed by atoms with Crippen LogP contribution in [0.5, 0.6) is 5.75 Å². The van der Waals surface area contributed by atoms with Gasteiger partial charge in [-0.3, -0.25) is 0 Å². The van der Waals surface area contributed by atoms with E-state index in [9.17, 15) is 5.26 Å². The molecule has 2 heterocycles. The molecule has 0 atom stereocenters. The zero-order chi connectivity index (χ0) is 15.7. The van der Waals surface area contributed by atoms with Crippen molar-refractivity contribution in [2.75, 3.05) is 7.11 Å². The molecular weight excluding hydrogens is 278 g/mol. The number of hydrogen-bond donors (Lipinski definition) is 0. The summed E-state index contributed by atoms with van der Waals surface area (Å²) >= 11 is 0. The van der Waals surface area contributed by atoms with Crippen molar-refractivity contribution in [1.29, 1.82) is 5.26 Å². The fourth-order valence-electron chi connectivity index (χ4n) is 2.38. The topological polar surface area (TPSA) is 76.6 Å². The molecule has 2 aromatic heterocycles. The lowest BCUT2D eigenvalue weighted by Gasteiger charge is -2.08. The SMILES string of the molecule is COc1ccc(-c2ncnc3c2ncn3C(C)C)c(C#N)c1. The zero-order valence-electron chi connectivity index (χ0n) is 12.6. The molecule has 22 heavy (non-hydrogen) atoms. The van der Waals surface area contributed by atoms with E-state index in [1.807, 2.05) is 16.7 Å². The highest BCUT2D eigenvalue weighted by molar-refractivity contribution is 5.89. The van der Waals surface area contributed by atoms with Gasteiger partial charge in [0.25, 0.3) is 0 Å². The second-order valence-corrected chi connectivity index (χ2v) is 5.16. The molecule has 0 aliphatic rings. The second kappa shape index (κ2) is 5.45. The Morgan fingerprint density at radius 3 is 2.73 bits per heavy atom. The fourth-order valence-corrected chi connectivity index (χ4v) is 2.38. The fraction of sp³-hybridized carbons (Fsp3) is 0.250. The molecule has 0 aliphatic carbocycles. The Bertz CT molecular complexity index is 876. The number of methoxy groups -OCH3 is 1. The van der Waals surface area contributed by atoms with E-state index in [0.717, 1.165) is 11.2 Å². The summed E-state index contributed by atoms with van der Waals surface area (Å²) in [5.41, 5.74) is 3.34. The average Bonchev–Trinajstić information content (AvgIpc) is 2.98. The van der Waals surface area contributed by atoms with Crippen molar-refractivity contribution < 1.29 is 4.74 Å². The van der Waals surface area contributed by atoms with E-state index in [0.29, 0.717) is 22.5 Å². The summed E-state index contributed by atoms with van der Waals surface area (Å²) in [7, 11) is 1.57. The van der Waals surface area contributed by atoms with Crippen LogP contribution in [0.25, 0.3) is 22.4 Å². The molecule has 0 saturated carbocycles. The van der Waals surface area contributed by atoms with Gasteiger partial charge in [0, 0.05) is 11.6 Å². The van der Waals surface area contributed by atoms with E-state index in [1.54, 1.807) is 19.5 Å². The van der Waals surface area contributed by atoms with Gasteiger partial charge >= 0.3 is 0 Å². The Kier molecular flexibility index (Phi) is 3.47. The summed E-state index contributed by atoms with van der Waals surface area (Å²) in [5.74, 6) is 0.637. The van der Waals surface area contributed by atoms with Crippen LogP contribution in [-0.4, -0.2) is 26.6 Å². The predicted octanol–water partition coefficient (Wildman–Crippen LogP) is 2.95. The van der Waals surface area contributed by atoms with Crippen LogP contribution in [0.4, 0.5) is 0 Å². The van der Waals surface area contributed by atoms with Crippen molar-refractivity contribution in [3.8, 4) is 23.1 Å². The third kappa shape index (κ3) is 2.17. The molecule has 3 aromatic rings. The summed E-state index contributed by atoms with van der Waals surface area (Å²) in [4.78, 5) is 13.1. The molecule has 0 aliphatic heterocycles. The third-order valence-corrected chi connectivity index (χ3v) is 3.52. The maximum Gasteiger partial charge on any atom is 0.164 e. The first-order chi connectivity index (χ1) is 10.7. The van der Waals surface area contributed by atoms with Gasteiger partial charge in [0.2, 0.25) is 0 Å². The molecule has 0 fully saturated rings. The number of nitriles is 1. The van der Waals surface area contributed by atoms with Gasteiger partial charge in [-0.1, -0.05) is 0 Å². The van der Waals surface area contributed by atoms with Gasteiger partial charge in [-0.05, 0) is 32.0 Å². The van der Waals surface area contributed by atoms with Gasteiger partial charge in [-0.15, -0.1) is 0 Å². The highest BCUT2D eigenvalue weighted by atomic mass is 16.5. The highest BCUT2D eigenvalue weighted by Gasteiger charge is 2.16. The quantitative estimate of drug-likeness (QED) is 0.742. The molecule has 0 unspecified atom stereocenters. The van der Waals surface area contributed by atoms with Crippen LogP contribution in [-0.2, 0) is 0 Å². The van der Waals surface area contributed by atoms with Crippen LogP contribution in [0.2, 0.25) is 0 Å². The molecule has 0 N–H and O–H groups in total. The maximum absolute atomic E-state index is 9.39. The number of aromatic nitrogens is 4. The number of rotatable bonds is 3. The summed E-state index contributed by atoms with van der Waals surface area (Å²) in [6.45, 7) is 4.13. The molecule has 0 amide bonds. The van der Waals surface area contributed by atoms with Crippen LogP contribution in [0, 0.1) is 11.3 Å². The van der Waals surface area contributed by atoms with Crippen molar-refractivity contribution >= 4 is 11.2 Å². The van der Waals surface area contributed by atoms with E-state index in [1.165, 1.54) is 6.33 Å². The van der Waals surface area contributed by atoms with Crippen molar-refractivity contribution in [2.45, 2.75) is 19.9 Å². The highest BCUT2D eigenvalue weighted by Crippen LogP contribution is 2.30. The Labute approximate surface area is 128 Å². The first-order valence-electron chi connectivity index (χ1n) is 6.91. The second-order valence-electron chi connectivity index (χ2n) is 5.16. The van der Waals surface area contributed by atoms with E-state index >= 15 is 0 Å². The Morgan fingerprint density at radius 1 is 1.23 bits per heavy atom. The molecule has 1 aromatic carbocycles. The molecule has 0 saturated heterocycles. The average molecular weight is 293 g/mol. The molecule has 6 nitrogen and oxygen atoms in total. The third-order valence-electron chi connectivity index (χ3n) is 3.52. The molecular formula is C16H15N5O. The lowest BCUT2D eigenvalue weighted by atomic mass is 10.0. The Hall–Kier alpha value is -2.94. The van der Waals surface area contributed by atoms with Crippen LogP contribution >= 0.6 is 0 Å². The molecule has 0 radical (unpaired) electrons. The predicted molar refractivity (Wildman–Crippen MR) is 82.4 cm³/mol. The van der Waals surface area contributed by atoms with Crippen molar-refractivity contribution in [3.05, 3.63) is 36.4 Å². The largest absolute Gasteiger partial charge is 0.497 e. The van der Waals surface area contributed by atoms with Crippen molar-refractivity contribution in [2.24, 2.45) is 0 Å². The van der Waals surface area contributed by atoms with E-state index in [-0.39, 0.29) is 6.04 Å². The summed E-state index contributed by atoms with van der Waals surface area (Å²) in [5, 5.41) is 9.39. The van der Waals surface area contributed by atoms with E-state index in [2.05, 4.69) is 34.9 Å². The number of imidazole rings is 1. The van der Waals surface area contributed by atoms with E-state index in [4.69, 9.17) is 4.74 Å². The number of ether oxygens (including phenoxy) is 1. The van der Waals surface area contributed by atoms with E-state index < -0.39 is 0 Å². The molecule has 3 rings (SSSR count). The molecule has 0 bridgehead atoms. The lowest BCUT2D eigenvalue weighted by Crippen LogP contribution is -2.00. The number of hydrogen-bond acceptors (Lipinski definition) is 5. The van der Waals surface area contributed by atoms with Crippen LogP contribution < -0.4 is 4.74 Å².